The molecule has 1 amide bonds. The molecule has 0 aliphatic heterocycles. The van der Waals surface area contributed by atoms with Gasteiger partial charge in [-0.3, -0.25) is 4.79 Å². The third-order valence-corrected chi connectivity index (χ3v) is 6.58. The molecule has 28 heavy (non-hydrogen) atoms. The van der Waals surface area contributed by atoms with Gasteiger partial charge in [0.05, 0.1) is 26.3 Å². The Kier molecular flexibility index (Phi) is 10.8. The molecule has 0 aliphatic carbocycles. The van der Waals surface area contributed by atoms with Gasteiger partial charge in [-0.05, 0) is 127 Å². The average molecular weight is 842 g/mol. The minimum atomic E-state index is -1.40. The summed E-state index contributed by atoms with van der Waals surface area (Å²) in [6.45, 7) is -0.546. The average Bonchev–Trinajstić information content (AvgIpc) is 2.61. The predicted octanol–water partition coefficient (Wildman–Crippen LogP) is 0.404. The first kappa shape index (κ1) is 25.2. The zero-order valence-corrected chi connectivity index (χ0v) is 25.0. The topological polar surface area (TPSA) is 98.7 Å². The monoisotopic (exact) mass is 842 g/mol. The Morgan fingerprint density at radius 3 is 2.14 bits per heavy atom. The van der Waals surface area contributed by atoms with Gasteiger partial charge in [-0.2, -0.15) is 0 Å². The standard InChI is InChI=1S/C17H13I4NO5.Na/c1-7(23)22-14(17(25)26)4-8-2-12(20)16(13(21)3-8)27-9-5-10(18)15(24)11(19)6-9;/h2-3,5-6,14,24H,4H2,1H3,(H,22,23)(H,25,26);/q;+1/p-1/t14-;/m0./s1/i1D;. The van der Waals surface area contributed by atoms with Crippen LogP contribution in [0.15, 0.2) is 24.3 Å². The number of ether oxygens (including phenoxy) is 1. The number of hydrogen-bond acceptors (Lipinski definition) is 5. The van der Waals surface area contributed by atoms with Crippen LogP contribution in [0.4, 0.5) is 0 Å². The third kappa shape index (κ3) is 7.55. The number of phenolic OH excluding ortho intramolecular Hbond substituents is 1. The second-order valence-corrected chi connectivity index (χ2v) is 10.0. The van der Waals surface area contributed by atoms with Gasteiger partial charge in [0.1, 0.15) is 11.5 Å². The molecule has 0 aliphatic rings. The van der Waals surface area contributed by atoms with Gasteiger partial charge < -0.3 is 25.1 Å². The van der Waals surface area contributed by atoms with Gasteiger partial charge in [-0.25, -0.2) is 0 Å². The first-order valence-electron chi connectivity index (χ1n) is 7.96. The van der Waals surface area contributed by atoms with Crippen molar-refractivity contribution >= 4 is 102 Å². The maximum Gasteiger partial charge on any atom is 1.00 e. The van der Waals surface area contributed by atoms with Crippen molar-refractivity contribution in [2.45, 2.75) is 19.4 Å². The minimum absolute atomic E-state index is 0. The van der Waals surface area contributed by atoms with E-state index in [0.29, 0.717) is 24.2 Å². The molecule has 0 radical (unpaired) electrons. The SMILES string of the molecule is [2H]CC(=O)N[C@@H](Cc1cc(I)c(Oc2cc(I)c(O)c(I)c2)c(I)c1)C(=O)[O-].[Na+]. The number of carboxylic acids is 1. The first-order valence-corrected chi connectivity index (χ1v) is 11.6. The van der Waals surface area contributed by atoms with Crippen molar-refractivity contribution < 1.29 is 55.5 Å². The van der Waals surface area contributed by atoms with Gasteiger partial charge in [0.2, 0.25) is 5.91 Å². The summed E-state index contributed by atoms with van der Waals surface area (Å²) in [7, 11) is 0. The maximum atomic E-state index is 11.4. The van der Waals surface area contributed by atoms with Crippen LogP contribution in [0.5, 0.6) is 17.2 Å². The van der Waals surface area contributed by atoms with E-state index in [-0.39, 0.29) is 41.7 Å². The molecule has 2 aromatic carbocycles. The molecule has 0 heterocycles. The molecule has 0 bridgehead atoms. The van der Waals surface area contributed by atoms with Crippen LogP contribution in [-0.2, 0) is 16.0 Å². The number of halogens is 4. The fourth-order valence-corrected chi connectivity index (χ4v) is 6.00. The molecule has 2 aromatic rings. The van der Waals surface area contributed by atoms with E-state index in [1.807, 2.05) is 45.2 Å². The first-order chi connectivity index (χ1) is 13.1. The van der Waals surface area contributed by atoms with E-state index in [0.717, 1.165) is 7.14 Å². The van der Waals surface area contributed by atoms with Gasteiger partial charge in [0, 0.05) is 8.27 Å². The van der Waals surface area contributed by atoms with E-state index in [2.05, 4.69) is 50.5 Å². The number of rotatable bonds is 6. The van der Waals surface area contributed by atoms with Crippen molar-refractivity contribution in [3.63, 3.8) is 0 Å². The summed E-state index contributed by atoms with van der Waals surface area (Å²) in [6.07, 6.45) is 0.0371. The molecule has 2 rings (SSSR count). The van der Waals surface area contributed by atoms with Crippen LogP contribution >= 0.6 is 90.4 Å². The zero-order valence-electron chi connectivity index (χ0n) is 15.4. The summed E-state index contributed by atoms with van der Waals surface area (Å²) in [4.78, 5) is 22.6. The normalized spacial score (nSPS) is 11.8. The molecule has 11 heteroatoms. The van der Waals surface area contributed by atoms with Crippen LogP contribution in [0.1, 0.15) is 13.8 Å². The summed E-state index contributed by atoms with van der Waals surface area (Å²) in [5, 5.41) is 23.4. The fourth-order valence-electron chi connectivity index (χ4n) is 2.17. The predicted molar refractivity (Wildman–Crippen MR) is 132 cm³/mol. The van der Waals surface area contributed by atoms with E-state index in [4.69, 9.17) is 6.11 Å². The molecule has 0 unspecified atom stereocenters. The van der Waals surface area contributed by atoms with Crippen molar-refractivity contribution in [3.05, 3.63) is 44.1 Å². The van der Waals surface area contributed by atoms with Crippen molar-refractivity contribution in [2.24, 2.45) is 0 Å². The number of aromatic hydroxyl groups is 1. The third-order valence-electron chi connectivity index (χ3n) is 3.33. The smallest absolute Gasteiger partial charge is 0.548 e. The zero-order chi connectivity index (χ0) is 21.0. The number of phenols is 1. The van der Waals surface area contributed by atoms with Gasteiger partial charge in [-0.1, -0.05) is 0 Å². The van der Waals surface area contributed by atoms with E-state index in [1.54, 1.807) is 24.3 Å². The van der Waals surface area contributed by atoms with Crippen molar-refractivity contribution in [3.8, 4) is 17.2 Å². The molecular weight excluding hydrogens is 829 g/mol. The van der Waals surface area contributed by atoms with E-state index >= 15 is 0 Å². The molecule has 144 valence electrons. The molecule has 0 spiro atoms. The number of aliphatic carboxylic acids is 1. The molecule has 0 fully saturated rings. The molecule has 0 saturated heterocycles. The van der Waals surface area contributed by atoms with Crippen LogP contribution in [-0.4, -0.2) is 23.0 Å². The number of carbonyl (C=O) groups excluding carboxylic acids is 2. The number of amides is 1. The largest absolute Gasteiger partial charge is 1.00 e. The molecule has 6 nitrogen and oxygen atoms in total. The van der Waals surface area contributed by atoms with Gasteiger partial charge in [-0.15, -0.1) is 0 Å². The molecular formula is C17H12I4NNaO5. The fraction of sp³-hybridized carbons (Fsp3) is 0.176. The second kappa shape index (κ2) is 12.1. The van der Waals surface area contributed by atoms with Crippen LogP contribution in [0.3, 0.4) is 0 Å². The minimum Gasteiger partial charge on any atom is -0.548 e. The number of benzene rings is 2. The second-order valence-electron chi connectivity index (χ2n) is 5.37. The van der Waals surface area contributed by atoms with Crippen LogP contribution in [0.25, 0.3) is 0 Å². The Labute approximate surface area is 240 Å². The summed E-state index contributed by atoms with van der Waals surface area (Å²) in [5.41, 5.74) is 0.690. The van der Waals surface area contributed by atoms with Gasteiger partial charge in [0.25, 0.3) is 0 Å². The number of hydrogen-bond donors (Lipinski definition) is 2. The molecule has 2 N–H and O–H groups in total. The summed E-state index contributed by atoms with van der Waals surface area (Å²) >= 11 is 8.24. The van der Waals surface area contributed by atoms with Crippen LogP contribution in [0.2, 0.25) is 0 Å². The molecule has 0 saturated carbocycles. The number of carbonyl (C=O) groups is 2. The van der Waals surface area contributed by atoms with E-state index in [9.17, 15) is 19.8 Å². The molecule has 1 atom stereocenters. The van der Waals surface area contributed by atoms with Crippen molar-refractivity contribution in [1.82, 2.24) is 5.32 Å². The van der Waals surface area contributed by atoms with Crippen LogP contribution in [0, 0.1) is 14.3 Å². The maximum absolute atomic E-state index is 11.4. The quantitative estimate of drug-likeness (QED) is 0.325. The summed E-state index contributed by atoms with van der Waals surface area (Å²) in [5.74, 6) is -0.681. The van der Waals surface area contributed by atoms with E-state index in [1.165, 1.54) is 0 Å². The Morgan fingerprint density at radius 2 is 1.68 bits per heavy atom. The summed E-state index contributed by atoms with van der Waals surface area (Å²) < 4.78 is 15.9. The van der Waals surface area contributed by atoms with Crippen molar-refractivity contribution in [1.29, 1.82) is 0 Å². The number of carboxylic acid groups (broad SMARTS) is 1. The molecule has 0 aromatic heterocycles. The Hall–Kier alpha value is 0.900. The summed E-state index contributed by atoms with van der Waals surface area (Å²) in [6, 6.07) is 5.78. The number of nitrogens with one attached hydrogen (secondary N) is 1. The van der Waals surface area contributed by atoms with Gasteiger partial charge >= 0.3 is 29.6 Å². The Morgan fingerprint density at radius 1 is 1.14 bits per heavy atom. The van der Waals surface area contributed by atoms with Crippen molar-refractivity contribution in [2.75, 3.05) is 0 Å². The van der Waals surface area contributed by atoms with E-state index < -0.39 is 24.8 Å². The Balaban J connectivity index is 0.00000420. The van der Waals surface area contributed by atoms with Gasteiger partial charge in [0.15, 0.2) is 5.75 Å². The Bertz CT molecular complexity index is 885. The van der Waals surface area contributed by atoms with Crippen LogP contribution < -0.4 is 44.7 Å².